The number of fused-ring (bicyclic) bond motifs is 1. The Bertz CT molecular complexity index is 1100. The van der Waals surface area contributed by atoms with Crippen molar-refractivity contribution < 1.29 is 9.59 Å². The Balaban J connectivity index is 1.30. The number of anilines is 1. The summed E-state index contributed by atoms with van der Waals surface area (Å²) in [5.41, 5.74) is 3.26. The molecule has 0 aliphatic rings. The van der Waals surface area contributed by atoms with Crippen LogP contribution >= 0.6 is 0 Å². The van der Waals surface area contributed by atoms with Crippen molar-refractivity contribution in [2.45, 2.75) is 6.42 Å². The lowest BCUT2D eigenvalue weighted by molar-refractivity contribution is 0.0953. The minimum Gasteiger partial charge on any atom is -0.352 e. The van der Waals surface area contributed by atoms with Crippen molar-refractivity contribution in [3.8, 4) is 0 Å². The number of imidazole rings is 1. The molecule has 7 heteroatoms. The molecule has 0 fully saturated rings. The molecule has 0 radical (unpaired) electrons. The third-order valence-electron chi connectivity index (χ3n) is 4.38. The van der Waals surface area contributed by atoms with Gasteiger partial charge in [-0.3, -0.25) is 14.6 Å². The summed E-state index contributed by atoms with van der Waals surface area (Å²) in [6.45, 7) is 0.487. The summed E-state index contributed by atoms with van der Waals surface area (Å²) in [7, 11) is 0. The first-order valence-corrected chi connectivity index (χ1v) is 9.22. The molecule has 0 spiro atoms. The number of hydrogen-bond acceptors (Lipinski definition) is 4. The molecule has 144 valence electrons. The fourth-order valence-corrected chi connectivity index (χ4v) is 2.91. The maximum absolute atomic E-state index is 12.3. The van der Waals surface area contributed by atoms with Crippen LogP contribution in [0.2, 0.25) is 0 Å². The second kappa shape index (κ2) is 8.35. The number of carbonyl (C=O) groups excluding carboxylic acids is 2. The second-order valence-electron chi connectivity index (χ2n) is 6.45. The van der Waals surface area contributed by atoms with E-state index in [0.717, 1.165) is 11.3 Å². The number of carbonyl (C=O) groups is 2. The highest BCUT2D eigenvalue weighted by molar-refractivity contribution is 6.03. The zero-order valence-electron chi connectivity index (χ0n) is 15.6. The number of pyridine rings is 2. The number of hydrogen-bond donors (Lipinski definition) is 2. The topological polar surface area (TPSA) is 88.4 Å². The van der Waals surface area contributed by atoms with E-state index in [1.807, 2.05) is 35.0 Å². The summed E-state index contributed by atoms with van der Waals surface area (Å²) in [6, 6.07) is 17.7. The van der Waals surface area contributed by atoms with Gasteiger partial charge >= 0.3 is 0 Å². The molecule has 0 bridgehead atoms. The Morgan fingerprint density at radius 3 is 2.52 bits per heavy atom. The van der Waals surface area contributed by atoms with Gasteiger partial charge in [0.25, 0.3) is 11.8 Å². The molecule has 0 saturated heterocycles. The fourth-order valence-electron chi connectivity index (χ4n) is 2.91. The highest BCUT2D eigenvalue weighted by Gasteiger charge is 2.09. The third kappa shape index (κ3) is 4.47. The molecule has 0 unspecified atom stereocenters. The van der Waals surface area contributed by atoms with Crippen molar-refractivity contribution in [2.75, 3.05) is 11.9 Å². The largest absolute Gasteiger partial charge is 0.352 e. The van der Waals surface area contributed by atoms with Gasteiger partial charge in [-0.1, -0.05) is 12.1 Å². The van der Waals surface area contributed by atoms with Crippen molar-refractivity contribution in [1.82, 2.24) is 19.7 Å². The maximum atomic E-state index is 12.3. The molecule has 0 aliphatic carbocycles. The molecule has 3 heterocycles. The van der Waals surface area contributed by atoms with E-state index < -0.39 is 0 Å². The minimum atomic E-state index is -0.296. The zero-order chi connectivity index (χ0) is 20.1. The first-order chi connectivity index (χ1) is 14.2. The Morgan fingerprint density at radius 2 is 1.76 bits per heavy atom. The van der Waals surface area contributed by atoms with Crippen molar-refractivity contribution in [3.05, 3.63) is 96.2 Å². The Hall–Kier alpha value is -4.00. The number of nitrogens with one attached hydrogen (secondary N) is 2. The van der Waals surface area contributed by atoms with Crippen LogP contribution in [0.5, 0.6) is 0 Å². The van der Waals surface area contributed by atoms with Gasteiger partial charge in [-0.05, 0) is 48.5 Å². The summed E-state index contributed by atoms with van der Waals surface area (Å²) < 4.78 is 1.95. The van der Waals surface area contributed by atoms with E-state index in [1.165, 1.54) is 0 Å². The van der Waals surface area contributed by atoms with Crippen LogP contribution in [-0.2, 0) is 6.42 Å². The van der Waals surface area contributed by atoms with Crippen LogP contribution in [0.1, 0.15) is 26.5 Å². The Kier molecular flexibility index (Phi) is 5.29. The van der Waals surface area contributed by atoms with Crippen molar-refractivity contribution in [2.24, 2.45) is 0 Å². The average molecular weight is 385 g/mol. The van der Waals surface area contributed by atoms with Gasteiger partial charge in [0, 0.05) is 42.8 Å². The molecule has 4 aromatic rings. The fraction of sp³-hybridized carbons (Fsp3) is 0.0909. The van der Waals surface area contributed by atoms with Gasteiger partial charge in [0.05, 0.1) is 5.69 Å². The summed E-state index contributed by atoms with van der Waals surface area (Å²) in [5.74, 6) is -0.466. The number of benzene rings is 1. The molecule has 2 N–H and O–H groups in total. The number of amides is 2. The number of aromatic nitrogens is 3. The zero-order valence-corrected chi connectivity index (χ0v) is 15.6. The standard InChI is InChI=1S/C22H19N5O2/c28-21(24-13-11-18-15-27-14-4-2-6-20(27)25-18)16-7-9-17(10-8-16)26-22(29)19-5-1-3-12-23-19/h1-10,12,14-15H,11,13H2,(H,24,28)(H,26,29). The van der Waals surface area contributed by atoms with Gasteiger partial charge in [0.2, 0.25) is 0 Å². The molecule has 0 aliphatic heterocycles. The molecule has 2 amide bonds. The predicted molar refractivity (Wildman–Crippen MR) is 110 cm³/mol. The summed E-state index contributed by atoms with van der Waals surface area (Å²) in [5, 5.41) is 5.65. The third-order valence-corrected chi connectivity index (χ3v) is 4.38. The van der Waals surface area contributed by atoms with E-state index in [0.29, 0.717) is 29.9 Å². The molecule has 0 saturated carbocycles. The first kappa shape index (κ1) is 18.4. The van der Waals surface area contributed by atoms with Gasteiger partial charge in [-0.2, -0.15) is 0 Å². The Labute approximate surface area is 167 Å². The molecular weight excluding hydrogens is 366 g/mol. The SMILES string of the molecule is O=C(NCCc1cn2ccccc2n1)c1ccc(NC(=O)c2ccccn2)cc1. The van der Waals surface area contributed by atoms with E-state index in [1.54, 1.807) is 48.7 Å². The quantitative estimate of drug-likeness (QED) is 0.534. The molecule has 7 nitrogen and oxygen atoms in total. The van der Waals surface area contributed by atoms with Gasteiger partial charge in [-0.25, -0.2) is 4.98 Å². The van der Waals surface area contributed by atoms with Gasteiger partial charge in [-0.15, -0.1) is 0 Å². The summed E-state index contributed by atoms with van der Waals surface area (Å²) >= 11 is 0. The molecule has 1 aromatic carbocycles. The normalized spacial score (nSPS) is 10.6. The number of nitrogens with zero attached hydrogens (tertiary/aromatic N) is 3. The van der Waals surface area contributed by atoms with Crippen molar-refractivity contribution >= 4 is 23.1 Å². The molecular formula is C22H19N5O2. The van der Waals surface area contributed by atoms with Crippen LogP contribution in [0.25, 0.3) is 5.65 Å². The molecule has 29 heavy (non-hydrogen) atoms. The monoisotopic (exact) mass is 385 g/mol. The van der Waals surface area contributed by atoms with Gasteiger partial charge < -0.3 is 15.0 Å². The second-order valence-corrected chi connectivity index (χ2v) is 6.45. The lowest BCUT2D eigenvalue weighted by Crippen LogP contribution is -2.25. The van der Waals surface area contributed by atoms with Crippen LogP contribution in [0.4, 0.5) is 5.69 Å². The van der Waals surface area contributed by atoms with Gasteiger partial charge in [0.15, 0.2) is 0 Å². The first-order valence-electron chi connectivity index (χ1n) is 9.22. The summed E-state index contributed by atoms with van der Waals surface area (Å²) in [4.78, 5) is 33.0. The molecule has 3 aromatic heterocycles. The van der Waals surface area contributed by atoms with Crippen LogP contribution in [0.3, 0.4) is 0 Å². The van der Waals surface area contributed by atoms with E-state index in [9.17, 15) is 9.59 Å². The van der Waals surface area contributed by atoms with Gasteiger partial charge in [0.1, 0.15) is 11.3 Å². The number of rotatable bonds is 6. The minimum absolute atomic E-state index is 0.170. The lowest BCUT2D eigenvalue weighted by Gasteiger charge is -2.07. The molecule has 4 rings (SSSR count). The average Bonchev–Trinajstić information content (AvgIpc) is 3.17. The molecule has 0 atom stereocenters. The van der Waals surface area contributed by atoms with E-state index in [2.05, 4.69) is 20.6 Å². The van der Waals surface area contributed by atoms with E-state index in [-0.39, 0.29) is 11.8 Å². The van der Waals surface area contributed by atoms with Crippen LogP contribution in [-0.4, -0.2) is 32.7 Å². The van der Waals surface area contributed by atoms with Crippen LogP contribution in [0.15, 0.2) is 79.3 Å². The van der Waals surface area contributed by atoms with Crippen LogP contribution in [0, 0.1) is 0 Å². The van der Waals surface area contributed by atoms with Crippen LogP contribution < -0.4 is 10.6 Å². The van der Waals surface area contributed by atoms with E-state index >= 15 is 0 Å². The Morgan fingerprint density at radius 1 is 0.931 bits per heavy atom. The highest BCUT2D eigenvalue weighted by Crippen LogP contribution is 2.11. The lowest BCUT2D eigenvalue weighted by atomic mass is 10.2. The van der Waals surface area contributed by atoms with Crippen molar-refractivity contribution in [3.63, 3.8) is 0 Å². The smallest absolute Gasteiger partial charge is 0.274 e. The maximum Gasteiger partial charge on any atom is 0.274 e. The van der Waals surface area contributed by atoms with Crippen molar-refractivity contribution in [1.29, 1.82) is 0 Å². The predicted octanol–water partition coefficient (Wildman–Crippen LogP) is 2.95. The summed E-state index contributed by atoms with van der Waals surface area (Å²) in [6.07, 6.45) is 6.11. The highest BCUT2D eigenvalue weighted by atomic mass is 16.2. The van der Waals surface area contributed by atoms with E-state index in [4.69, 9.17) is 0 Å².